The minimum atomic E-state index is -0.948. The summed E-state index contributed by atoms with van der Waals surface area (Å²) < 4.78 is 13.3. The fourth-order valence-corrected chi connectivity index (χ4v) is 1.79. The van der Waals surface area contributed by atoms with E-state index >= 15 is 0 Å². The molecule has 1 unspecified atom stereocenters. The van der Waals surface area contributed by atoms with E-state index in [1.807, 2.05) is 0 Å². The number of aromatic nitrogens is 1. The van der Waals surface area contributed by atoms with Crippen molar-refractivity contribution < 1.29 is 14.3 Å². The number of hydrogen-bond acceptors (Lipinski definition) is 1. The third-order valence-electron chi connectivity index (χ3n) is 2.59. The van der Waals surface area contributed by atoms with Gasteiger partial charge in [-0.25, -0.2) is 4.39 Å². The van der Waals surface area contributed by atoms with Crippen LogP contribution in [0.1, 0.15) is 18.4 Å². The molecule has 1 heterocycles. The van der Waals surface area contributed by atoms with Gasteiger partial charge in [0.1, 0.15) is 5.82 Å². The lowest BCUT2D eigenvalue weighted by Crippen LogP contribution is -2.06. The summed E-state index contributed by atoms with van der Waals surface area (Å²) in [7, 11) is 0. The normalized spacial score (nSPS) is 12.9. The van der Waals surface area contributed by atoms with Gasteiger partial charge in [-0.1, -0.05) is 11.6 Å². The van der Waals surface area contributed by atoms with Crippen LogP contribution in [0.4, 0.5) is 4.39 Å². The maximum atomic E-state index is 13.3. The lowest BCUT2D eigenvalue weighted by atomic mass is 10.0. The Labute approximate surface area is 95.8 Å². The summed E-state index contributed by atoms with van der Waals surface area (Å²) in [6, 6.07) is 2.70. The average molecular weight is 242 g/mol. The number of benzene rings is 1. The van der Waals surface area contributed by atoms with Crippen LogP contribution in [0.2, 0.25) is 5.02 Å². The van der Waals surface area contributed by atoms with E-state index in [0.29, 0.717) is 16.5 Å². The first-order valence-corrected chi connectivity index (χ1v) is 5.07. The molecule has 1 atom stereocenters. The Bertz CT molecular complexity index is 564. The van der Waals surface area contributed by atoms with Gasteiger partial charge in [-0.15, -0.1) is 0 Å². The van der Waals surface area contributed by atoms with E-state index in [1.165, 1.54) is 12.1 Å². The van der Waals surface area contributed by atoms with Crippen molar-refractivity contribution in [1.29, 1.82) is 0 Å². The zero-order valence-corrected chi connectivity index (χ0v) is 9.18. The van der Waals surface area contributed by atoms with Crippen molar-refractivity contribution in [3.8, 4) is 0 Å². The van der Waals surface area contributed by atoms with Crippen molar-refractivity contribution in [2.75, 3.05) is 0 Å². The molecule has 2 aromatic rings. The van der Waals surface area contributed by atoms with Crippen LogP contribution >= 0.6 is 11.6 Å². The number of carboxylic acids is 1. The Balaban J connectivity index is 2.65. The minimum absolute atomic E-state index is 0.0175. The summed E-state index contributed by atoms with van der Waals surface area (Å²) in [6.07, 6.45) is 1.57. The molecule has 16 heavy (non-hydrogen) atoms. The number of aliphatic carboxylic acids is 1. The number of halogens is 2. The fraction of sp³-hybridized carbons (Fsp3) is 0.182. The van der Waals surface area contributed by atoms with E-state index in [-0.39, 0.29) is 5.02 Å². The molecule has 0 fully saturated rings. The Morgan fingerprint density at radius 2 is 2.25 bits per heavy atom. The molecular weight excluding hydrogens is 233 g/mol. The molecule has 0 spiro atoms. The van der Waals surface area contributed by atoms with Crippen molar-refractivity contribution in [3.05, 3.63) is 34.7 Å². The van der Waals surface area contributed by atoms with Crippen LogP contribution in [0.25, 0.3) is 10.9 Å². The molecule has 0 amide bonds. The summed E-state index contributed by atoms with van der Waals surface area (Å²) in [5, 5.41) is 9.47. The quantitative estimate of drug-likeness (QED) is 0.849. The highest BCUT2D eigenvalue weighted by Gasteiger charge is 2.18. The summed E-state index contributed by atoms with van der Waals surface area (Å²) >= 11 is 5.63. The summed E-state index contributed by atoms with van der Waals surface area (Å²) in [5.74, 6) is -2.18. The summed E-state index contributed by atoms with van der Waals surface area (Å²) in [6.45, 7) is 1.55. The highest BCUT2D eigenvalue weighted by atomic mass is 35.5. The van der Waals surface area contributed by atoms with Crippen molar-refractivity contribution in [2.24, 2.45) is 0 Å². The molecule has 1 aromatic heterocycles. The molecule has 2 rings (SSSR count). The van der Waals surface area contributed by atoms with Crippen LogP contribution in [-0.4, -0.2) is 16.1 Å². The second kappa shape index (κ2) is 3.79. The SMILES string of the molecule is CC(C(=O)O)c1c[nH]c2cc(Cl)c(F)cc12. The molecule has 0 saturated heterocycles. The molecule has 2 N–H and O–H groups in total. The fourth-order valence-electron chi connectivity index (χ4n) is 1.63. The third kappa shape index (κ3) is 1.65. The molecule has 3 nitrogen and oxygen atoms in total. The van der Waals surface area contributed by atoms with E-state index in [0.717, 1.165) is 0 Å². The Morgan fingerprint density at radius 1 is 1.56 bits per heavy atom. The molecular formula is C11H9ClFNO2. The molecule has 0 saturated carbocycles. The molecule has 0 radical (unpaired) electrons. The van der Waals surface area contributed by atoms with Gasteiger partial charge >= 0.3 is 5.97 Å². The Hall–Kier alpha value is -1.55. The molecule has 84 valence electrons. The number of carbonyl (C=O) groups is 1. The van der Waals surface area contributed by atoms with Crippen molar-refractivity contribution in [1.82, 2.24) is 4.98 Å². The second-order valence-electron chi connectivity index (χ2n) is 3.62. The topological polar surface area (TPSA) is 53.1 Å². The smallest absolute Gasteiger partial charge is 0.310 e. The van der Waals surface area contributed by atoms with Crippen LogP contribution in [-0.2, 0) is 4.79 Å². The number of aromatic amines is 1. The number of nitrogens with one attached hydrogen (secondary N) is 1. The number of carboxylic acid groups (broad SMARTS) is 1. The van der Waals surface area contributed by atoms with Crippen LogP contribution in [0.5, 0.6) is 0 Å². The van der Waals surface area contributed by atoms with E-state index in [1.54, 1.807) is 13.1 Å². The van der Waals surface area contributed by atoms with E-state index in [2.05, 4.69) is 4.98 Å². The van der Waals surface area contributed by atoms with Gasteiger partial charge in [-0.2, -0.15) is 0 Å². The summed E-state index contributed by atoms with van der Waals surface area (Å²) in [4.78, 5) is 13.7. The van der Waals surface area contributed by atoms with Gasteiger partial charge in [-0.05, 0) is 24.6 Å². The summed E-state index contributed by atoms with van der Waals surface area (Å²) in [5.41, 5.74) is 1.19. The van der Waals surface area contributed by atoms with E-state index < -0.39 is 17.7 Å². The van der Waals surface area contributed by atoms with Crippen molar-refractivity contribution in [3.63, 3.8) is 0 Å². The number of rotatable bonds is 2. The molecule has 0 aliphatic carbocycles. The molecule has 0 aliphatic rings. The zero-order valence-electron chi connectivity index (χ0n) is 8.42. The lowest BCUT2D eigenvalue weighted by Gasteiger charge is -2.04. The number of H-pyrrole nitrogens is 1. The Kier molecular flexibility index (Phi) is 2.59. The molecule has 0 aliphatic heterocycles. The standard InChI is InChI=1S/C11H9ClFNO2/c1-5(11(15)16)7-4-14-10-3-8(12)9(13)2-6(7)10/h2-5,14H,1H3,(H,15,16). The largest absolute Gasteiger partial charge is 0.481 e. The van der Waals surface area contributed by atoms with Crippen molar-refractivity contribution in [2.45, 2.75) is 12.8 Å². The number of hydrogen-bond donors (Lipinski definition) is 2. The first-order valence-electron chi connectivity index (χ1n) is 4.69. The predicted octanol–water partition coefficient (Wildman–Crippen LogP) is 3.15. The molecule has 5 heteroatoms. The lowest BCUT2D eigenvalue weighted by molar-refractivity contribution is -0.138. The Morgan fingerprint density at radius 3 is 2.88 bits per heavy atom. The molecule has 1 aromatic carbocycles. The van der Waals surface area contributed by atoms with Crippen LogP contribution in [0, 0.1) is 5.82 Å². The third-order valence-corrected chi connectivity index (χ3v) is 2.88. The maximum Gasteiger partial charge on any atom is 0.310 e. The van der Waals surface area contributed by atoms with Gasteiger partial charge in [0.05, 0.1) is 10.9 Å². The van der Waals surface area contributed by atoms with E-state index in [9.17, 15) is 9.18 Å². The molecule has 0 bridgehead atoms. The monoisotopic (exact) mass is 241 g/mol. The highest BCUT2D eigenvalue weighted by molar-refractivity contribution is 6.31. The zero-order chi connectivity index (χ0) is 11.9. The van der Waals surface area contributed by atoms with Crippen LogP contribution < -0.4 is 0 Å². The van der Waals surface area contributed by atoms with Gasteiger partial charge in [0.25, 0.3) is 0 Å². The van der Waals surface area contributed by atoms with Gasteiger partial charge in [0.15, 0.2) is 0 Å². The van der Waals surface area contributed by atoms with Gasteiger partial charge < -0.3 is 10.1 Å². The average Bonchev–Trinajstić information content (AvgIpc) is 2.60. The van der Waals surface area contributed by atoms with Gasteiger partial charge in [-0.3, -0.25) is 4.79 Å². The number of fused-ring (bicyclic) bond motifs is 1. The second-order valence-corrected chi connectivity index (χ2v) is 4.02. The van der Waals surface area contributed by atoms with E-state index in [4.69, 9.17) is 16.7 Å². The first kappa shape index (κ1) is 11.0. The minimum Gasteiger partial charge on any atom is -0.481 e. The first-order chi connectivity index (χ1) is 7.50. The predicted molar refractivity (Wildman–Crippen MR) is 59.3 cm³/mol. The van der Waals surface area contributed by atoms with Gasteiger partial charge in [0.2, 0.25) is 0 Å². The van der Waals surface area contributed by atoms with Crippen LogP contribution in [0.15, 0.2) is 18.3 Å². The maximum absolute atomic E-state index is 13.3. The van der Waals surface area contributed by atoms with Gasteiger partial charge in [0, 0.05) is 17.1 Å². The van der Waals surface area contributed by atoms with Crippen molar-refractivity contribution >= 4 is 28.5 Å². The van der Waals surface area contributed by atoms with Crippen LogP contribution in [0.3, 0.4) is 0 Å². The highest BCUT2D eigenvalue weighted by Crippen LogP contribution is 2.29.